The average Bonchev–Trinajstić information content (AvgIpc) is 2.25. The molecule has 1 aromatic rings. The molecule has 0 saturated heterocycles. The van der Waals surface area contributed by atoms with Crippen molar-refractivity contribution in [1.82, 2.24) is 0 Å². The van der Waals surface area contributed by atoms with Gasteiger partial charge >= 0.3 is 6.18 Å². The second kappa shape index (κ2) is 5.14. The largest absolute Gasteiger partial charge is 0.416 e. The van der Waals surface area contributed by atoms with Crippen LogP contribution in [0.4, 0.5) is 13.2 Å². The topological polar surface area (TPSA) is 17.1 Å². The second-order valence-corrected chi connectivity index (χ2v) is 3.61. The van der Waals surface area contributed by atoms with E-state index in [0.717, 1.165) is 18.6 Å². The van der Waals surface area contributed by atoms with Gasteiger partial charge in [-0.2, -0.15) is 13.2 Å². The van der Waals surface area contributed by atoms with Crippen molar-refractivity contribution in [1.29, 1.82) is 0 Å². The van der Waals surface area contributed by atoms with E-state index in [1.165, 1.54) is 12.1 Å². The Labute approximate surface area is 92.3 Å². The van der Waals surface area contributed by atoms with Crippen LogP contribution >= 0.6 is 0 Å². The first-order valence-corrected chi connectivity index (χ1v) is 5.15. The van der Waals surface area contributed by atoms with Crippen molar-refractivity contribution in [3.63, 3.8) is 0 Å². The lowest BCUT2D eigenvalue weighted by atomic mass is 10.0. The summed E-state index contributed by atoms with van der Waals surface area (Å²) in [5, 5.41) is 0. The number of Topliss-reactive ketones (excluding diaryl/α,β-unsaturated/α-hetero) is 1. The normalized spacial score (nSPS) is 11.5. The van der Waals surface area contributed by atoms with Crippen LogP contribution in [0.1, 0.15) is 42.1 Å². The van der Waals surface area contributed by atoms with Crippen molar-refractivity contribution in [3.05, 3.63) is 35.4 Å². The summed E-state index contributed by atoms with van der Waals surface area (Å²) in [6, 6.07) is 4.57. The molecule has 4 heteroatoms. The smallest absolute Gasteiger partial charge is 0.294 e. The third kappa shape index (κ3) is 3.36. The molecule has 0 spiro atoms. The minimum Gasteiger partial charge on any atom is -0.294 e. The van der Waals surface area contributed by atoms with Crippen LogP contribution in [-0.4, -0.2) is 5.78 Å². The van der Waals surface area contributed by atoms with Crippen molar-refractivity contribution in [2.75, 3.05) is 0 Å². The fraction of sp³-hybridized carbons (Fsp3) is 0.417. The Hall–Kier alpha value is -1.32. The third-order valence-corrected chi connectivity index (χ3v) is 2.27. The van der Waals surface area contributed by atoms with Crippen LogP contribution in [-0.2, 0) is 6.18 Å². The molecular weight excluding hydrogens is 217 g/mol. The molecule has 1 rings (SSSR count). The molecule has 0 aliphatic rings. The fourth-order valence-corrected chi connectivity index (χ4v) is 1.35. The molecule has 0 N–H and O–H groups in total. The van der Waals surface area contributed by atoms with E-state index in [4.69, 9.17) is 0 Å². The predicted octanol–water partition coefficient (Wildman–Crippen LogP) is 4.08. The maximum atomic E-state index is 12.4. The molecule has 0 aliphatic carbocycles. The van der Waals surface area contributed by atoms with Crippen molar-refractivity contribution >= 4 is 5.78 Å². The molecule has 88 valence electrons. The van der Waals surface area contributed by atoms with Crippen molar-refractivity contribution < 1.29 is 18.0 Å². The van der Waals surface area contributed by atoms with Gasteiger partial charge in [-0.1, -0.05) is 25.5 Å². The number of alkyl halides is 3. The van der Waals surface area contributed by atoms with Gasteiger partial charge in [0.15, 0.2) is 5.78 Å². The summed E-state index contributed by atoms with van der Waals surface area (Å²) in [4.78, 5) is 11.5. The Morgan fingerprint density at radius 3 is 2.56 bits per heavy atom. The summed E-state index contributed by atoms with van der Waals surface area (Å²) in [5.41, 5.74) is -0.627. The SMILES string of the molecule is CCCCC(=O)c1cccc(C(F)(F)F)c1. The van der Waals surface area contributed by atoms with Gasteiger partial charge in [-0.25, -0.2) is 0 Å². The van der Waals surface area contributed by atoms with E-state index in [2.05, 4.69) is 0 Å². The van der Waals surface area contributed by atoms with E-state index < -0.39 is 11.7 Å². The van der Waals surface area contributed by atoms with E-state index >= 15 is 0 Å². The molecule has 0 fully saturated rings. The Morgan fingerprint density at radius 2 is 2.00 bits per heavy atom. The van der Waals surface area contributed by atoms with Gasteiger partial charge in [0.25, 0.3) is 0 Å². The maximum absolute atomic E-state index is 12.4. The first kappa shape index (κ1) is 12.7. The van der Waals surface area contributed by atoms with Gasteiger partial charge in [0.05, 0.1) is 5.56 Å². The summed E-state index contributed by atoms with van der Waals surface area (Å²) in [6.07, 6.45) is -2.53. The monoisotopic (exact) mass is 230 g/mol. The molecule has 1 nitrogen and oxygen atoms in total. The van der Waals surface area contributed by atoms with E-state index in [0.29, 0.717) is 12.8 Å². The van der Waals surface area contributed by atoms with Crippen LogP contribution in [0.25, 0.3) is 0 Å². The quantitative estimate of drug-likeness (QED) is 0.712. The second-order valence-electron chi connectivity index (χ2n) is 3.61. The van der Waals surface area contributed by atoms with Crippen LogP contribution in [0.15, 0.2) is 24.3 Å². The fourth-order valence-electron chi connectivity index (χ4n) is 1.35. The Kier molecular flexibility index (Phi) is 4.10. The van der Waals surface area contributed by atoms with Crippen molar-refractivity contribution in [2.45, 2.75) is 32.4 Å². The number of benzene rings is 1. The number of unbranched alkanes of at least 4 members (excludes halogenated alkanes) is 1. The zero-order valence-corrected chi connectivity index (χ0v) is 8.97. The summed E-state index contributed by atoms with van der Waals surface area (Å²) in [5.74, 6) is -0.229. The molecule has 0 aliphatic heterocycles. The van der Waals surface area contributed by atoms with E-state index in [-0.39, 0.29) is 11.3 Å². The Balaban J connectivity index is 2.86. The minimum atomic E-state index is -4.39. The number of ketones is 1. The number of hydrogen-bond acceptors (Lipinski definition) is 1. The summed E-state index contributed by atoms with van der Waals surface area (Å²) >= 11 is 0. The molecule has 0 aromatic heterocycles. The zero-order chi connectivity index (χ0) is 12.2. The Morgan fingerprint density at radius 1 is 1.31 bits per heavy atom. The van der Waals surface area contributed by atoms with Gasteiger partial charge in [0.2, 0.25) is 0 Å². The number of hydrogen-bond donors (Lipinski definition) is 0. The van der Waals surface area contributed by atoms with E-state index in [9.17, 15) is 18.0 Å². The first-order valence-electron chi connectivity index (χ1n) is 5.15. The third-order valence-electron chi connectivity index (χ3n) is 2.27. The molecule has 0 unspecified atom stereocenters. The van der Waals surface area contributed by atoms with Crippen LogP contribution in [0.3, 0.4) is 0 Å². The zero-order valence-electron chi connectivity index (χ0n) is 8.97. The number of halogens is 3. The van der Waals surface area contributed by atoms with Gasteiger partial charge < -0.3 is 0 Å². The van der Waals surface area contributed by atoms with E-state index in [1.54, 1.807) is 0 Å². The highest BCUT2D eigenvalue weighted by atomic mass is 19.4. The lowest BCUT2D eigenvalue weighted by Gasteiger charge is -2.07. The summed E-state index contributed by atoms with van der Waals surface area (Å²) < 4.78 is 37.1. The van der Waals surface area contributed by atoms with Gasteiger partial charge in [0.1, 0.15) is 0 Å². The van der Waals surface area contributed by atoms with Crippen LogP contribution < -0.4 is 0 Å². The standard InChI is InChI=1S/C12H13F3O/c1-2-3-7-11(16)9-5-4-6-10(8-9)12(13,14)15/h4-6,8H,2-3,7H2,1H3. The van der Waals surface area contributed by atoms with Crippen molar-refractivity contribution in [3.8, 4) is 0 Å². The lowest BCUT2D eigenvalue weighted by Crippen LogP contribution is -2.07. The Bertz CT molecular complexity index is 369. The van der Waals surface area contributed by atoms with Crippen LogP contribution in [0.5, 0.6) is 0 Å². The van der Waals surface area contributed by atoms with Gasteiger partial charge in [-0.05, 0) is 18.6 Å². The molecule has 1 aromatic carbocycles. The summed E-state index contributed by atoms with van der Waals surface area (Å²) in [7, 11) is 0. The molecule has 0 saturated carbocycles. The van der Waals surface area contributed by atoms with Gasteiger partial charge in [0, 0.05) is 12.0 Å². The van der Waals surface area contributed by atoms with Crippen molar-refractivity contribution in [2.24, 2.45) is 0 Å². The average molecular weight is 230 g/mol. The predicted molar refractivity (Wildman–Crippen MR) is 55.3 cm³/mol. The molecule has 0 radical (unpaired) electrons. The molecule has 16 heavy (non-hydrogen) atoms. The summed E-state index contributed by atoms with van der Waals surface area (Å²) in [6.45, 7) is 1.93. The molecular formula is C12H13F3O. The number of rotatable bonds is 4. The molecule has 0 atom stereocenters. The van der Waals surface area contributed by atoms with Gasteiger partial charge in [-0.15, -0.1) is 0 Å². The highest BCUT2D eigenvalue weighted by Crippen LogP contribution is 2.29. The highest BCUT2D eigenvalue weighted by molar-refractivity contribution is 5.96. The van der Waals surface area contributed by atoms with Crippen LogP contribution in [0.2, 0.25) is 0 Å². The molecule has 0 amide bonds. The minimum absolute atomic E-state index is 0.142. The lowest BCUT2D eigenvalue weighted by molar-refractivity contribution is -0.137. The molecule has 0 bridgehead atoms. The van der Waals surface area contributed by atoms with Crippen LogP contribution in [0, 0.1) is 0 Å². The molecule has 0 heterocycles. The number of carbonyl (C=O) groups excluding carboxylic acids is 1. The first-order chi connectivity index (χ1) is 7.45. The highest BCUT2D eigenvalue weighted by Gasteiger charge is 2.30. The van der Waals surface area contributed by atoms with E-state index in [1.807, 2.05) is 6.92 Å². The van der Waals surface area contributed by atoms with Gasteiger partial charge in [-0.3, -0.25) is 4.79 Å². The maximum Gasteiger partial charge on any atom is 0.416 e. The number of carbonyl (C=O) groups is 1.